The van der Waals surface area contributed by atoms with Gasteiger partial charge in [0.05, 0.1) is 18.7 Å². The first-order valence-electron chi connectivity index (χ1n) is 6.94. The quantitative estimate of drug-likeness (QED) is 0.729. The number of rotatable bonds is 4. The third-order valence-electron chi connectivity index (χ3n) is 3.56. The summed E-state index contributed by atoms with van der Waals surface area (Å²) in [6, 6.07) is 13.7. The zero-order valence-electron chi connectivity index (χ0n) is 11.8. The average molecular weight is 301 g/mol. The van der Waals surface area contributed by atoms with Gasteiger partial charge in [-0.2, -0.15) is 0 Å². The largest absolute Gasteiger partial charge is 0.493 e. The van der Waals surface area contributed by atoms with Crippen LogP contribution in [0.5, 0.6) is 5.75 Å². The lowest BCUT2D eigenvalue weighted by atomic mass is 10.1. The fourth-order valence-electron chi connectivity index (χ4n) is 2.53. The van der Waals surface area contributed by atoms with E-state index in [1.165, 1.54) is 0 Å². The van der Waals surface area contributed by atoms with Gasteiger partial charge in [-0.1, -0.05) is 23.7 Å². The van der Waals surface area contributed by atoms with E-state index in [1.807, 2.05) is 43.5 Å². The summed E-state index contributed by atoms with van der Waals surface area (Å²) in [5, 5.41) is 1.79. The number of halogens is 1. The maximum Gasteiger partial charge on any atom is 0.128 e. The fraction of sp³-hybridized carbons (Fsp3) is 0.176. The van der Waals surface area contributed by atoms with Crippen molar-refractivity contribution in [2.24, 2.45) is 0 Å². The van der Waals surface area contributed by atoms with Gasteiger partial charge in [-0.05, 0) is 37.3 Å². The van der Waals surface area contributed by atoms with Gasteiger partial charge >= 0.3 is 0 Å². The summed E-state index contributed by atoms with van der Waals surface area (Å²) >= 11 is 6.26. The van der Waals surface area contributed by atoms with E-state index in [0.29, 0.717) is 23.9 Å². The van der Waals surface area contributed by atoms with Crippen LogP contribution < -0.4 is 10.5 Å². The van der Waals surface area contributed by atoms with Crippen LogP contribution >= 0.6 is 11.6 Å². The Morgan fingerprint density at radius 1 is 1.14 bits per heavy atom. The second-order valence-electron chi connectivity index (χ2n) is 4.87. The number of hydrogen-bond acceptors (Lipinski definition) is 2. The highest BCUT2D eigenvalue weighted by Crippen LogP contribution is 2.29. The molecule has 3 nitrogen and oxygen atoms in total. The van der Waals surface area contributed by atoms with Gasteiger partial charge in [0.25, 0.3) is 0 Å². The summed E-state index contributed by atoms with van der Waals surface area (Å²) in [6.45, 7) is 3.28. The minimum Gasteiger partial charge on any atom is -0.493 e. The van der Waals surface area contributed by atoms with Crippen LogP contribution in [0.3, 0.4) is 0 Å². The first-order chi connectivity index (χ1) is 10.2. The van der Waals surface area contributed by atoms with Crippen LogP contribution in [0.4, 0.5) is 5.69 Å². The van der Waals surface area contributed by atoms with Gasteiger partial charge in [0.2, 0.25) is 0 Å². The van der Waals surface area contributed by atoms with Crippen molar-refractivity contribution in [3.05, 3.63) is 59.2 Å². The Labute approximate surface area is 128 Å². The zero-order valence-corrected chi connectivity index (χ0v) is 12.6. The molecule has 0 saturated heterocycles. The van der Waals surface area contributed by atoms with Gasteiger partial charge < -0.3 is 15.0 Å². The van der Waals surface area contributed by atoms with Crippen molar-refractivity contribution in [2.75, 3.05) is 12.3 Å². The second-order valence-corrected chi connectivity index (χ2v) is 5.28. The Bertz CT molecular complexity index is 759. The van der Waals surface area contributed by atoms with Crippen molar-refractivity contribution in [2.45, 2.75) is 13.5 Å². The number of ether oxygens (including phenoxy) is 1. The summed E-state index contributed by atoms with van der Waals surface area (Å²) in [5.41, 5.74) is 8.80. The molecule has 108 valence electrons. The zero-order chi connectivity index (χ0) is 14.8. The third-order valence-corrected chi connectivity index (χ3v) is 3.91. The van der Waals surface area contributed by atoms with Crippen molar-refractivity contribution in [3.8, 4) is 5.75 Å². The summed E-state index contributed by atoms with van der Waals surface area (Å²) < 4.78 is 7.80. The lowest BCUT2D eigenvalue weighted by molar-refractivity contribution is 0.344. The van der Waals surface area contributed by atoms with Crippen LogP contribution in [0.15, 0.2) is 48.7 Å². The summed E-state index contributed by atoms with van der Waals surface area (Å²) in [6.07, 6.45) is 2.04. The molecule has 2 N–H and O–H groups in total. The van der Waals surface area contributed by atoms with Crippen molar-refractivity contribution in [1.29, 1.82) is 0 Å². The van der Waals surface area contributed by atoms with E-state index in [-0.39, 0.29) is 0 Å². The molecule has 1 heterocycles. The predicted octanol–water partition coefficient (Wildman–Crippen LogP) is 4.32. The topological polar surface area (TPSA) is 40.2 Å². The molecule has 2 aromatic carbocycles. The molecule has 0 unspecified atom stereocenters. The van der Waals surface area contributed by atoms with Crippen LogP contribution in [0.1, 0.15) is 12.5 Å². The molecule has 21 heavy (non-hydrogen) atoms. The van der Waals surface area contributed by atoms with Crippen LogP contribution in [0.25, 0.3) is 10.9 Å². The minimum atomic E-state index is 0.643. The first-order valence-corrected chi connectivity index (χ1v) is 7.32. The third kappa shape index (κ3) is 2.57. The van der Waals surface area contributed by atoms with E-state index in [2.05, 4.69) is 16.7 Å². The molecule has 0 spiro atoms. The van der Waals surface area contributed by atoms with Crippen molar-refractivity contribution in [1.82, 2.24) is 4.57 Å². The molecule has 4 heteroatoms. The number of nitrogens with zero attached hydrogens (tertiary/aromatic N) is 1. The van der Waals surface area contributed by atoms with Gasteiger partial charge in [-0.3, -0.25) is 0 Å². The number of aromatic nitrogens is 1. The number of anilines is 1. The normalized spacial score (nSPS) is 11.0. The van der Waals surface area contributed by atoms with Crippen LogP contribution in [-0.2, 0) is 6.54 Å². The van der Waals surface area contributed by atoms with Crippen molar-refractivity contribution in [3.63, 3.8) is 0 Å². The Balaban J connectivity index is 2.04. The molecule has 0 atom stereocenters. The standard InChI is InChI=1S/C17H17ClN2O/c1-2-21-17-8-4-7-16-12(17)9-10-20(16)11-13-14(18)5-3-6-15(13)19/h3-10H,2,11,19H2,1H3. The molecule has 3 aromatic rings. The van der Waals surface area contributed by atoms with Crippen LogP contribution in [0, 0.1) is 0 Å². The molecule has 0 radical (unpaired) electrons. The SMILES string of the molecule is CCOc1cccc2c1ccn2Cc1c(N)cccc1Cl. The molecular formula is C17H17ClN2O. The van der Waals surface area contributed by atoms with E-state index in [0.717, 1.165) is 22.2 Å². The highest BCUT2D eigenvalue weighted by atomic mass is 35.5. The number of benzene rings is 2. The Morgan fingerprint density at radius 3 is 2.71 bits per heavy atom. The van der Waals surface area contributed by atoms with Gasteiger partial charge in [-0.15, -0.1) is 0 Å². The highest BCUT2D eigenvalue weighted by molar-refractivity contribution is 6.31. The van der Waals surface area contributed by atoms with Crippen molar-refractivity contribution < 1.29 is 4.74 Å². The van der Waals surface area contributed by atoms with E-state index in [9.17, 15) is 0 Å². The molecule has 0 amide bonds. The predicted molar refractivity (Wildman–Crippen MR) is 88.1 cm³/mol. The van der Waals surface area contributed by atoms with E-state index >= 15 is 0 Å². The number of nitrogen functional groups attached to an aromatic ring is 1. The van der Waals surface area contributed by atoms with Crippen molar-refractivity contribution >= 4 is 28.2 Å². The van der Waals surface area contributed by atoms with Gasteiger partial charge in [-0.25, -0.2) is 0 Å². The smallest absolute Gasteiger partial charge is 0.128 e. The first kappa shape index (κ1) is 13.8. The minimum absolute atomic E-state index is 0.643. The summed E-state index contributed by atoms with van der Waals surface area (Å²) in [5.74, 6) is 0.904. The molecular weight excluding hydrogens is 284 g/mol. The van der Waals surface area contributed by atoms with Gasteiger partial charge in [0.1, 0.15) is 5.75 Å². The molecule has 1 aromatic heterocycles. The van der Waals surface area contributed by atoms with E-state index in [4.69, 9.17) is 22.1 Å². The Hall–Kier alpha value is -2.13. The lowest BCUT2D eigenvalue weighted by Gasteiger charge is -2.11. The molecule has 0 bridgehead atoms. The second kappa shape index (κ2) is 5.70. The average Bonchev–Trinajstić information content (AvgIpc) is 2.88. The molecule has 0 saturated carbocycles. The fourth-order valence-corrected chi connectivity index (χ4v) is 2.77. The maximum atomic E-state index is 6.26. The molecule has 0 fully saturated rings. The van der Waals surface area contributed by atoms with Crippen LogP contribution in [-0.4, -0.2) is 11.2 Å². The maximum absolute atomic E-state index is 6.26. The molecule has 3 rings (SSSR count). The number of hydrogen-bond donors (Lipinski definition) is 1. The van der Waals surface area contributed by atoms with Crippen LogP contribution in [0.2, 0.25) is 5.02 Å². The number of fused-ring (bicyclic) bond motifs is 1. The van der Waals surface area contributed by atoms with Gasteiger partial charge in [0, 0.05) is 27.9 Å². The lowest BCUT2D eigenvalue weighted by Crippen LogP contribution is -2.02. The van der Waals surface area contributed by atoms with E-state index in [1.54, 1.807) is 0 Å². The monoisotopic (exact) mass is 300 g/mol. The highest BCUT2D eigenvalue weighted by Gasteiger charge is 2.10. The molecule has 0 aliphatic heterocycles. The van der Waals surface area contributed by atoms with E-state index < -0.39 is 0 Å². The summed E-state index contributed by atoms with van der Waals surface area (Å²) in [4.78, 5) is 0. The summed E-state index contributed by atoms with van der Waals surface area (Å²) in [7, 11) is 0. The molecule has 0 aliphatic rings. The Morgan fingerprint density at radius 2 is 1.95 bits per heavy atom. The molecule has 0 aliphatic carbocycles. The Kier molecular flexibility index (Phi) is 3.76. The van der Waals surface area contributed by atoms with Gasteiger partial charge in [0.15, 0.2) is 0 Å². The number of nitrogens with two attached hydrogens (primary N) is 1.